The number of rotatable bonds is 2. The lowest BCUT2D eigenvalue weighted by Gasteiger charge is -2.30. The van der Waals surface area contributed by atoms with Crippen LogP contribution in [0.3, 0.4) is 0 Å². The van der Waals surface area contributed by atoms with Gasteiger partial charge in [-0.25, -0.2) is 9.97 Å². The highest BCUT2D eigenvalue weighted by Crippen LogP contribution is 2.30. The van der Waals surface area contributed by atoms with E-state index in [9.17, 15) is 0 Å². The molecule has 3 heterocycles. The first-order valence-electron chi connectivity index (χ1n) is 8.88. The minimum Gasteiger partial charge on any atom is -0.351 e. The minimum atomic E-state index is 0.679. The van der Waals surface area contributed by atoms with Crippen molar-refractivity contribution in [2.45, 2.75) is 13.0 Å². The number of para-hydroxylation sites is 1. The van der Waals surface area contributed by atoms with Gasteiger partial charge < -0.3 is 4.90 Å². The van der Waals surface area contributed by atoms with Crippen molar-refractivity contribution in [3.63, 3.8) is 0 Å². The van der Waals surface area contributed by atoms with Crippen molar-refractivity contribution in [1.29, 1.82) is 0 Å². The van der Waals surface area contributed by atoms with E-state index < -0.39 is 0 Å². The minimum absolute atomic E-state index is 0.679. The quantitative estimate of drug-likeness (QED) is 0.548. The van der Waals surface area contributed by atoms with Crippen LogP contribution in [-0.2, 0) is 13.0 Å². The average Bonchev–Trinajstić information content (AvgIpc) is 2.73. The van der Waals surface area contributed by atoms with E-state index in [4.69, 9.17) is 9.97 Å². The van der Waals surface area contributed by atoms with Gasteiger partial charge in [-0.3, -0.25) is 4.98 Å². The molecule has 0 aliphatic carbocycles. The molecule has 2 aromatic heterocycles. The molecule has 0 bridgehead atoms. The second-order valence-electron chi connectivity index (χ2n) is 6.54. The summed E-state index contributed by atoms with van der Waals surface area (Å²) in [5.74, 6) is 1.67. The second kappa shape index (κ2) is 6.23. The van der Waals surface area contributed by atoms with E-state index in [1.807, 2.05) is 36.4 Å². The molecular weight excluding hydrogens is 320 g/mol. The maximum absolute atomic E-state index is 4.92. The van der Waals surface area contributed by atoms with E-state index in [1.54, 1.807) is 6.20 Å². The topological polar surface area (TPSA) is 41.9 Å². The van der Waals surface area contributed by atoms with Gasteiger partial charge in [-0.15, -0.1) is 0 Å². The fourth-order valence-electron chi connectivity index (χ4n) is 3.59. The first-order valence-corrected chi connectivity index (χ1v) is 8.88. The van der Waals surface area contributed by atoms with E-state index in [2.05, 4.69) is 40.2 Å². The molecule has 0 saturated heterocycles. The number of aromatic nitrogens is 3. The first kappa shape index (κ1) is 15.0. The van der Waals surface area contributed by atoms with Gasteiger partial charge in [-0.05, 0) is 41.8 Å². The molecule has 4 nitrogen and oxygen atoms in total. The molecular formula is C22H18N4. The molecule has 126 valence electrons. The Morgan fingerprint density at radius 3 is 2.46 bits per heavy atom. The molecule has 5 rings (SSSR count). The van der Waals surface area contributed by atoms with Gasteiger partial charge in [0, 0.05) is 24.7 Å². The summed E-state index contributed by atoms with van der Waals surface area (Å²) in [7, 11) is 0. The molecule has 0 atom stereocenters. The van der Waals surface area contributed by atoms with Crippen molar-refractivity contribution in [1.82, 2.24) is 15.0 Å². The van der Waals surface area contributed by atoms with E-state index in [0.29, 0.717) is 5.82 Å². The van der Waals surface area contributed by atoms with Crippen molar-refractivity contribution in [3.8, 4) is 11.5 Å². The zero-order valence-corrected chi connectivity index (χ0v) is 14.3. The standard InChI is InChI=1S/C22H18N4/c1-2-8-17-15-26(14-12-16(17)7-1)22-18-9-3-4-10-19(18)24-21(25-22)20-11-5-6-13-23-20/h1-11,13H,12,14-15H2. The van der Waals surface area contributed by atoms with Crippen molar-refractivity contribution in [2.24, 2.45) is 0 Å². The van der Waals surface area contributed by atoms with Crippen molar-refractivity contribution in [2.75, 3.05) is 11.4 Å². The van der Waals surface area contributed by atoms with E-state index in [1.165, 1.54) is 11.1 Å². The summed E-state index contributed by atoms with van der Waals surface area (Å²) >= 11 is 0. The van der Waals surface area contributed by atoms with E-state index >= 15 is 0 Å². The summed E-state index contributed by atoms with van der Waals surface area (Å²) in [6.07, 6.45) is 2.82. The predicted molar refractivity (Wildman–Crippen MR) is 104 cm³/mol. The number of anilines is 1. The van der Waals surface area contributed by atoms with Crippen LogP contribution in [0.25, 0.3) is 22.4 Å². The normalized spacial score (nSPS) is 13.6. The zero-order chi connectivity index (χ0) is 17.3. The summed E-state index contributed by atoms with van der Waals surface area (Å²) in [6, 6.07) is 22.7. The Morgan fingerprint density at radius 1 is 0.769 bits per heavy atom. The molecule has 0 amide bonds. The highest BCUT2D eigenvalue weighted by molar-refractivity contribution is 5.91. The SMILES string of the molecule is c1ccc(-c2nc(N3CCc4ccccc4C3)c3ccccc3n2)nc1. The van der Waals surface area contributed by atoms with Gasteiger partial charge in [-0.1, -0.05) is 42.5 Å². The van der Waals surface area contributed by atoms with Gasteiger partial charge in [0.25, 0.3) is 0 Å². The molecule has 4 aromatic rings. The second-order valence-corrected chi connectivity index (χ2v) is 6.54. The van der Waals surface area contributed by atoms with Crippen LogP contribution in [0.2, 0.25) is 0 Å². The van der Waals surface area contributed by atoms with Crippen LogP contribution in [0, 0.1) is 0 Å². The number of hydrogen-bond acceptors (Lipinski definition) is 4. The average molecular weight is 338 g/mol. The fourth-order valence-corrected chi connectivity index (χ4v) is 3.59. The number of hydrogen-bond donors (Lipinski definition) is 0. The van der Waals surface area contributed by atoms with Gasteiger partial charge in [0.1, 0.15) is 11.5 Å². The van der Waals surface area contributed by atoms with E-state index in [0.717, 1.165) is 41.9 Å². The van der Waals surface area contributed by atoms with Crippen LogP contribution < -0.4 is 4.90 Å². The highest BCUT2D eigenvalue weighted by atomic mass is 15.2. The van der Waals surface area contributed by atoms with E-state index in [-0.39, 0.29) is 0 Å². The fraction of sp³-hybridized carbons (Fsp3) is 0.136. The Morgan fingerprint density at radius 2 is 1.58 bits per heavy atom. The van der Waals surface area contributed by atoms with Crippen LogP contribution in [0.15, 0.2) is 72.9 Å². The number of fused-ring (bicyclic) bond motifs is 2. The lowest BCUT2D eigenvalue weighted by molar-refractivity contribution is 0.723. The van der Waals surface area contributed by atoms with Crippen molar-refractivity contribution < 1.29 is 0 Å². The van der Waals surface area contributed by atoms with Gasteiger partial charge in [0.2, 0.25) is 0 Å². The monoisotopic (exact) mass is 338 g/mol. The summed E-state index contributed by atoms with van der Waals surface area (Å²) in [5, 5.41) is 1.09. The first-order chi connectivity index (χ1) is 12.9. The Kier molecular flexibility index (Phi) is 3.60. The van der Waals surface area contributed by atoms with Crippen LogP contribution in [0.1, 0.15) is 11.1 Å². The molecule has 2 aromatic carbocycles. The van der Waals surface area contributed by atoms with Crippen LogP contribution >= 0.6 is 0 Å². The maximum Gasteiger partial charge on any atom is 0.180 e. The van der Waals surface area contributed by atoms with Crippen LogP contribution in [-0.4, -0.2) is 21.5 Å². The number of nitrogens with zero attached hydrogens (tertiary/aromatic N) is 4. The Bertz CT molecular complexity index is 1080. The Balaban J connectivity index is 1.65. The molecule has 0 fully saturated rings. The van der Waals surface area contributed by atoms with Gasteiger partial charge in [0.05, 0.1) is 5.52 Å². The third-order valence-corrected chi connectivity index (χ3v) is 4.91. The number of benzene rings is 2. The van der Waals surface area contributed by atoms with Crippen LogP contribution in [0.5, 0.6) is 0 Å². The van der Waals surface area contributed by atoms with Crippen LogP contribution in [0.4, 0.5) is 5.82 Å². The highest BCUT2D eigenvalue weighted by Gasteiger charge is 2.20. The third-order valence-electron chi connectivity index (χ3n) is 4.91. The smallest absolute Gasteiger partial charge is 0.180 e. The molecule has 0 radical (unpaired) electrons. The van der Waals surface area contributed by atoms with Crippen molar-refractivity contribution >= 4 is 16.7 Å². The molecule has 0 unspecified atom stereocenters. The summed E-state index contributed by atoms with van der Waals surface area (Å²) in [6.45, 7) is 1.83. The molecule has 0 N–H and O–H groups in total. The number of pyridine rings is 1. The lowest BCUT2D eigenvalue weighted by Crippen LogP contribution is -2.31. The molecule has 0 saturated carbocycles. The van der Waals surface area contributed by atoms with Gasteiger partial charge >= 0.3 is 0 Å². The summed E-state index contributed by atoms with van der Waals surface area (Å²) in [4.78, 5) is 16.5. The molecule has 0 spiro atoms. The Hall–Kier alpha value is -3.27. The molecule has 26 heavy (non-hydrogen) atoms. The summed E-state index contributed by atoms with van der Waals surface area (Å²) < 4.78 is 0. The summed E-state index contributed by atoms with van der Waals surface area (Å²) in [5.41, 5.74) is 4.57. The lowest BCUT2D eigenvalue weighted by atomic mass is 9.99. The molecule has 4 heteroatoms. The molecule has 1 aliphatic heterocycles. The van der Waals surface area contributed by atoms with Gasteiger partial charge in [0.15, 0.2) is 5.82 Å². The largest absolute Gasteiger partial charge is 0.351 e. The zero-order valence-electron chi connectivity index (χ0n) is 14.3. The maximum atomic E-state index is 4.92. The predicted octanol–water partition coefficient (Wildman–Crippen LogP) is 4.25. The van der Waals surface area contributed by atoms with Crippen molar-refractivity contribution in [3.05, 3.63) is 84.1 Å². The Labute approximate surface area is 152 Å². The molecule has 1 aliphatic rings. The third kappa shape index (κ3) is 2.60. The van der Waals surface area contributed by atoms with Gasteiger partial charge in [-0.2, -0.15) is 0 Å².